The van der Waals surface area contributed by atoms with Crippen LogP contribution in [0.15, 0.2) is 23.6 Å². The number of nitrogens with one attached hydrogen (secondary N) is 1. The van der Waals surface area contributed by atoms with Gasteiger partial charge in [0.15, 0.2) is 10.9 Å². The molecule has 1 aromatic rings. The lowest BCUT2D eigenvalue weighted by Crippen LogP contribution is -2.52. The zero-order chi connectivity index (χ0) is 16.7. The van der Waals surface area contributed by atoms with Crippen LogP contribution in [0.1, 0.15) is 19.7 Å². The Morgan fingerprint density at radius 1 is 1.30 bits per heavy atom. The molecular weight excluding hydrogens is 316 g/mol. The Hall–Kier alpha value is -2.29. The molecular formula is C14H20N6O2S. The molecule has 1 aliphatic heterocycles. The van der Waals surface area contributed by atoms with Gasteiger partial charge in [-0.25, -0.2) is 14.8 Å². The highest BCUT2D eigenvalue weighted by Gasteiger charge is 2.23. The number of rotatable bonds is 3. The van der Waals surface area contributed by atoms with Gasteiger partial charge in [-0.05, 0) is 32.1 Å². The third-order valence-electron chi connectivity index (χ3n) is 3.30. The van der Waals surface area contributed by atoms with Crippen LogP contribution in [0.4, 0.5) is 4.79 Å². The maximum absolute atomic E-state index is 11.6. The molecule has 124 valence electrons. The summed E-state index contributed by atoms with van der Waals surface area (Å²) in [6.45, 7) is 6.42. The second-order valence-corrected chi connectivity index (χ2v) is 5.25. The first-order chi connectivity index (χ1) is 11.1. The second kappa shape index (κ2) is 8.37. The second-order valence-electron chi connectivity index (χ2n) is 4.86. The van der Waals surface area contributed by atoms with Crippen LogP contribution in [-0.4, -0.2) is 69.5 Å². The number of nitrogens with zero attached hydrogens (tertiary/aromatic N) is 5. The highest BCUT2D eigenvalue weighted by molar-refractivity contribution is 7.80. The Morgan fingerprint density at radius 2 is 1.91 bits per heavy atom. The average Bonchev–Trinajstić information content (AvgIpc) is 2.60. The van der Waals surface area contributed by atoms with E-state index in [1.54, 1.807) is 30.3 Å². The molecule has 1 saturated heterocycles. The predicted octanol–water partition coefficient (Wildman–Crippen LogP) is 0.849. The van der Waals surface area contributed by atoms with E-state index < -0.39 is 0 Å². The van der Waals surface area contributed by atoms with Gasteiger partial charge in [-0.2, -0.15) is 5.10 Å². The topological polar surface area (TPSA) is 83.0 Å². The van der Waals surface area contributed by atoms with Crippen molar-refractivity contribution >= 4 is 29.1 Å². The van der Waals surface area contributed by atoms with Gasteiger partial charge in [0.2, 0.25) is 0 Å². The molecule has 1 amide bonds. The number of hydrogen-bond donors (Lipinski definition) is 1. The quantitative estimate of drug-likeness (QED) is 0.498. The molecule has 9 heteroatoms. The summed E-state index contributed by atoms with van der Waals surface area (Å²) in [7, 11) is 0. The Labute approximate surface area is 140 Å². The summed E-state index contributed by atoms with van der Waals surface area (Å²) in [5.74, 6) is 0.551. The number of carbonyl (C=O) groups excluding carboxylic acids is 1. The van der Waals surface area contributed by atoms with E-state index in [9.17, 15) is 4.79 Å². The van der Waals surface area contributed by atoms with Gasteiger partial charge in [-0.15, -0.1) is 0 Å². The Bertz CT molecular complexity index is 572. The van der Waals surface area contributed by atoms with Crippen LogP contribution in [0.25, 0.3) is 0 Å². The van der Waals surface area contributed by atoms with Crippen molar-refractivity contribution in [2.45, 2.75) is 13.8 Å². The van der Waals surface area contributed by atoms with Crippen LogP contribution in [-0.2, 0) is 4.74 Å². The molecule has 1 aliphatic rings. The van der Waals surface area contributed by atoms with Gasteiger partial charge in [0.1, 0.15) is 5.71 Å². The minimum atomic E-state index is -0.277. The number of thiocarbonyl (C=S) groups is 1. The van der Waals surface area contributed by atoms with Gasteiger partial charge in [-0.3, -0.25) is 5.43 Å². The van der Waals surface area contributed by atoms with Gasteiger partial charge < -0.3 is 14.5 Å². The highest BCUT2D eigenvalue weighted by atomic mass is 32.1. The largest absolute Gasteiger partial charge is 0.450 e. The number of carbonyl (C=O) groups is 1. The summed E-state index contributed by atoms with van der Waals surface area (Å²) in [6, 6.07) is 1.75. The van der Waals surface area contributed by atoms with E-state index in [-0.39, 0.29) is 6.09 Å². The van der Waals surface area contributed by atoms with Crippen LogP contribution >= 0.6 is 12.2 Å². The smallest absolute Gasteiger partial charge is 0.409 e. The number of aromatic nitrogens is 2. The maximum Gasteiger partial charge on any atom is 0.409 e. The molecule has 2 heterocycles. The molecule has 1 fully saturated rings. The minimum Gasteiger partial charge on any atom is -0.450 e. The van der Waals surface area contributed by atoms with Gasteiger partial charge in [0.25, 0.3) is 0 Å². The third kappa shape index (κ3) is 4.85. The summed E-state index contributed by atoms with van der Waals surface area (Å²) in [6.07, 6.45) is 3.05. The lowest BCUT2D eigenvalue weighted by molar-refractivity contribution is 0.0919. The van der Waals surface area contributed by atoms with Gasteiger partial charge in [-0.1, -0.05) is 0 Å². The molecule has 0 saturated carbocycles. The molecule has 1 N–H and O–H groups in total. The Balaban J connectivity index is 1.82. The zero-order valence-corrected chi connectivity index (χ0v) is 14.0. The lowest BCUT2D eigenvalue weighted by atomic mass is 10.3. The first kappa shape index (κ1) is 17.1. The van der Waals surface area contributed by atoms with E-state index in [1.807, 2.05) is 11.8 Å². The van der Waals surface area contributed by atoms with E-state index >= 15 is 0 Å². The van der Waals surface area contributed by atoms with Crippen LogP contribution in [0, 0.1) is 0 Å². The molecule has 23 heavy (non-hydrogen) atoms. The number of piperazine rings is 1. The molecule has 0 aromatic carbocycles. The molecule has 0 spiro atoms. The van der Waals surface area contributed by atoms with Crippen molar-refractivity contribution in [1.29, 1.82) is 0 Å². The van der Waals surface area contributed by atoms with Crippen molar-refractivity contribution in [3.63, 3.8) is 0 Å². The predicted molar refractivity (Wildman–Crippen MR) is 90.1 cm³/mol. The molecule has 0 aliphatic carbocycles. The highest BCUT2D eigenvalue weighted by Crippen LogP contribution is 2.04. The summed E-state index contributed by atoms with van der Waals surface area (Å²) in [5.41, 5.74) is 3.50. The van der Waals surface area contributed by atoms with Crippen LogP contribution in [0.5, 0.6) is 0 Å². The summed E-state index contributed by atoms with van der Waals surface area (Å²) in [5, 5.41) is 4.72. The van der Waals surface area contributed by atoms with Crippen molar-refractivity contribution < 1.29 is 9.53 Å². The molecule has 2 rings (SSSR count). The number of hydrazone groups is 1. The molecule has 0 bridgehead atoms. The standard InChI is InChI=1S/C14H20N6O2S/c1-3-22-14(21)20-9-7-19(8-10-20)13(23)18-17-11(2)12-15-5-4-6-16-12/h4-6H,3,7-10H2,1-2H3,(H,18,23)/b17-11+. The number of hydrogen-bond acceptors (Lipinski definition) is 6. The fraction of sp³-hybridized carbons (Fsp3) is 0.500. The lowest BCUT2D eigenvalue weighted by Gasteiger charge is -2.34. The van der Waals surface area contributed by atoms with Crippen molar-refractivity contribution in [2.24, 2.45) is 5.10 Å². The normalized spacial score (nSPS) is 15.3. The SMILES string of the molecule is CCOC(=O)N1CCN(C(=S)N/N=C(\C)c2ncccn2)CC1. The zero-order valence-electron chi connectivity index (χ0n) is 13.2. The molecule has 0 atom stereocenters. The van der Waals surface area contributed by atoms with Crippen molar-refractivity contribution in [1.82, 2.24) is 25.2 Å². The van der Waals surface area contributed by atoms with E-state index in [4.69, 9.17) is 17.0 Å². The minimum absolute atomic E-state index is 0.277. The molecule has 0 radical (unpaired) electrons. The number of amides is 1. The third-order valence-corrected chi connectivity index (χ3v) is 3.65. The van der Waals surface area contributed by atoms with E-state index in [2.05, 4.69) is 20.5 Å². The van der Waals surface area contributed by atoms with Crippen molar-refractivity contribution in [2.75, 3.05) is 32.8 Å². The van der Waals surface area contributed by atoms with Crippen molar-refractivity contribution in [3.05, 3.63) is 24.3 Å². The average molecular weight is 336 g/mol. The monoisotopic (exact) mass is 336 g/mol. The molecule has 0 unspecified atom stereocenters. The Morgan fingerprint density at radius 3 is 2.52 bits per heavy atom. The van der Waals surface area contributed by atoms with Gasteiger partial charge in [0.05, 0.1) is 6.61 Å². The summed E-state index contributed by atoms with van der Waals surface area (Å²) in [4.78, 5) is 23.5. The fourth-order valence-electron chi connectivity index (χ4n) is 2.05. The Kier molecular flexibility index (Phi) is 6.21. The maximum atomic E-state index is 11.6. The van der Waals surface area contributed by atoms with Crippen LogP contribution < -0.4 is 5.43 Å². The van der Waals surface area contributed by atoms with Crippen LogP contribution in [0.2, 0.25) is 0 Å². The summed E-state index contributed by atoms with van der Waals surface area (Å²) >= 11 is 5.33. The fourth-order valence-corrected chi connectivity index (χ4v) is 2.27. The van der Waals surface area contributed by atoms with Gasteiger partial charge >= 0.3 is 6.09 Å². The van der Waals surface area contributed by atoms with Gasteiger partial charge in [0, 0.05) is 38.6 Å². The first-order valence-corrected chi connectivity index (χ1v) is 7.81. The first-order valence-electron chi connectivity index (χ1n) is 7.40. The van der Waals surface area contributed by atoms with E-state index in [0.29, 0.717) is 49.4 Å². The molecule has 1 aromatic heterocycles. The van der Waals surface area contributed by atoms with E-state index in [0.717, 1.165) is 0 Å². The molecule has 8 nitrogen and oxygen atoms in total. The number of ether oxygens (including phenoxy) is 1. The van der Waals surface area contributed by atoms with Crippen LogP contribution in [0.3, 0.4) is 0 Å². The van der Waals surface area contributed by atoms with Crippen molar-refractivity contribution in [3.8, 4) is 0 Å². The van der Waals surface area contributed by atoms with E-state index in [1.165, 1.54) is 0 Å². The summed E-state index contributed by atoms with van der Waals surface area (Å²) < 4.78 is 4.99.